The Morgan fingerprint density at radius 2 is 1.61 bits per heavy atom. The summed E-state index contributed by atoms with van der Waals surface area (Å²) < 4.78 is 91.4. The molecule has 0 bridgehead atoms. The van der Waals surface area contributed by atoms with E-state index in [-0.39, 0.29) is 21.8 Å². The molecule has 0 aliphatic rings. The maximum atomic E-state index is 13.6. The average molecular weight is 481 g/mol. The van der Waals surface area contributed by atoms with Gasteiger partial charge >= 0.3 is 6.18 Å². The molecule has 0 spiro atoms. The zero-order valence-corrected chi connectivity index (χ0v) is 17.1. The zero-order valence-electron chi connectivity index (χ0n) is 16.3. The van der Waals surface area contributed by atoms with Crippen molar-refractivity contribution in [3.05, 3.63) is 78.4 Å². The van der Waals surface area contributed by atoms with E-state index in [1.54, 1.807) is 0 Å². The van der Waals surface area contributed by atoms with E-state index in [1.165, 1.54) is 30.5 Å². The number of aromatic nitrogens is 4. The fourth-order valence-electron chi connectivity index (χ4n) is 2.91. The first-order valence-corrected chi connectivity index (χ1v) is 10.6. The standard InChI is InChI=1S/C20H12F5N5O2S/c21-14-5-4-12(7-15(14)22)16-8-18(20(23,24)25)29-19(28-16)30-9-17(27-10-30)11-2-1-3-13(6-11)33(26,31)32/h1-10H,(H2,26,31,32). The molecule has 13 heteroatoms. The van der Waals surface area contributed by atoms with Crippen LogP contribution in [0.15, 0.2) is 66.0 Å². The van der Waals surface area contributed by atoms with Gasteiger partial charge in [0.15, 0.2) is 17.3 Å². The van der Waals surface area contributed by atoms with E-state index in [0.29, 0.717) is 11.6 Å². The van der Waals surface area contributed by atoms with Crippen LogP contribution in [0.1, 0.15) is 5.69 Å². The summed E-state index contributed by atoms with van der Waals surface area (Å²) in [5.74, 6) is -2.85. The molecule has 170 valence electrons. The smallest absolute Gasteiger partial charge is 0.274 e. The van der Waals surface area contributed by atoms with Crippen molar-refractivity contribution in [3.63, 3.8) is 0 Å². The molecule has 2 aromatic heterocycles. The normalized spacial score (nSPS) is 12.2. The summed E-state index contributed by atoms with van der Waals surface area (Å²) in [7, 11) is -3.99. The van der Waals surface area contributed by atoms with Crippen LogP contribution in [-0.2, 0) is 16.2 Å². The number of benzene rings is 2. The van der Waals surface area contributed by atoms with Crippen LogP contribution in [0.5, 0.6) is 0 Å². The van der Waals surface area contributed by atoms with E-state index in [4.69, 9.17) is 5.14 Å². The highest BCUT2D eigenvalue weighted by molar-refractivity contribution is 7.89. The lowest BCUT2D eigenvalue weighted by atomic mass is 10.1. The first-order valence-electron chi connectivity index (χ1n) is 9.01. The molecule has 0 aliphatic heterocycles. The van der Waals surface area contributed by atoms with Crippen molar-refractivity contribution in [2.75, 3.05) is 0 Å². The second-order valence-corrected chi connectivity index (χ2v) is 8.37. The van der Waals surface area contributed by atoms with Crippen molar-refractivity contribution in [2.24, 2.45) is 5.14 Å². The van der Waals surface area contributed by atoms with Gasteiger partial charge < -0.3 is 0 Å². The Bertz CT molecular complexity index is 1470. The molecule has 0 aliphatic carbocycles. The monoisotopic (exact) mass is 481 g/mol. The van der Waals surface area contributed by atoms with Gasteiger partial charge in [-0.2, -0.15) is 13.2 Å². The van der Waals surface area contributed by atoms with Crippen molar-refractivity contribution < 1.29 is 30.4 Å². The Labute approximate surface area is 183 Å². The van der Waals surface area contributed by atoms with Crippen LogP contribution in [0, 0.1) is 11.6 Å². The van der Waals surface area contributed by atoms with Gasteiger partial charge in [-0.15, -0.1) is 0 Å². The van der Waals surface area contributed by atoms with Crippen LogP contribution in [0.2, 0.25) is 0 Å². The predicted molar refractivity (Wildman–Crippen MR) is 106 cm³/mol. The summed E-state index contributed by atoms with van der Waals surface area (Å²) in [4.78, 5) is 11.4. The molecule has 4 aromatic rings. The summed E-state index contributed by atoms with van der Waals surface area (Å²) in [6, 6.07) is 8.68. The molecule has 0 amide bonds. The van der Waals surface area contributed by atoms with Crippen LogP contribution in [0.4, 0.5) is 22.0 Å². The Balaban J connectivity index is 1.81. The minimum Gasteiger partial charge on any atom is -0.274 e. The molecule has 4 rings (SSSR count). The highest BCUT2D eigenvalue weighted by atomic mass is 32.2. The Morgan fingerprint density at radius 3 is 2.27 bits per heavy atom. The highest BCUT2D eigenvalue weighted by Crippen LogP contribution is 2.31. The lowest BCUT2D eigenvalue weighted by molar-refractivity contribution is -0.141. The second-order valence-electron chi connectivity index (χ2n) is 6.80. The van der Waals surface area contributed by atoms with Gasteiger partial charge in [0.2, 0.25) is 16.0 Å². The van der Waals surface area contributed by atoms with Crippen LogP contribution in [0.25, 0.3) is 28.5 Å². The molecule has 2 N–H and O–H groups in total. The third-order valence-electron chi connectivity index (χ3n) is 4.49. The van der Waals surface area contributed by atoms with Crippen LogP contribution in [-0.4, -0.2) is 27.9 Å². The van der Waals surface area contributed by atoms with E-state index < -0.39 is 39.5 Å². The van der Waals surface area contributed by atoms with Gasteiger partial charge in [-0.1, -0.05) is 12.1 Å². The molecule has 0 fully saturated rings. The zero-order chi connectivity index (χ0) is 24.0. The third-order valence-corrected chi connectivity index (χ3v) is 5.40. The number of hydrogen-bond donors (Lipinski definition) is 1. The predicted octanol–water partition coefficient (Wildman–Crippen LogP) is 3.94. The van der Waals surface area contributed by atoms with Crippen molar-refractivity contribution in [3.8, 4) is 28.5 Å². The first kappa shape index (κ1) is 22.5. The quantitative estimate of drug-likeness (QED) is 0.445. The van der Waals surface area contributed by atoms with E-state index in [9.17, 15) is 30.4 Å². The van der Waals surface area contributed by atoms with Gasteiger partial charge in [-0.05, 0) is 36.4 Å². The topological polar surface area (TPSA) is 104 Å². The fraction of sp³-hybridized carbons (Fsp3) is 0.0500. The Morgan fingerprint density at radius 1 is 0.879 bits per heavy atom. The number of sulfonamides is 1. The van der Waals surface area contributed by atoms with E-state index in [2.05, 4.69) is 15.0 Å². The molecule has 2 aromatic carbocycles. The number of nitrogens with zero attached hydrogens (tertiary/aromatic N) is 4. The summed E-state index contributed by atoms with van der Waals surface area (Å²) in [5, 5.41) is 5.12. The Kier molecular flexibility index (Phi) is 5.46. The largest absolute Gasteiger partial charge is 0.433 e. The summed E-state index contributed by atoms with van der Waals surface area (Å²) in [6.45, 7) is 0. The molecule has 0 saturated carbocycles. The number of rotatable bonds is 4. The van der Waals surface area contributed by atoms with Crippen LogP contribution < -0.4 is 5.14 Å². The summed E-state index contributed by atoms with van der Waals surface area (Å²) in [5.41, 5.74) is -1.16. The number of imidazole rings is 1. The molecule has 0 saturated heterocycles. The van der Waals surface area contributed by atoms with Crippen LogP contribution >= 0.6 is 0 Å². The van der Waals surface area contributed by atoms with Gasteiger partial charge in [0.05, 0.1) is 16.3 Å². The molecular formula is C20H12F5N5O2S. The van der Waals surface area contributed by atoms with E-state index >= 15 is 0 Å². The van der Waals surface area contributed by atoms with Gasteiger partial charge in [0, 0.05) is 17.3 Å². The number of halogens is 5. The average Bonchev–Trinajstić information content (AvgIpc) is 3.25. The Hall–Kier alpha value is -3.71. The van der Waals surface area contributed by atoms with Gasteiger partial charge in [-0.3, -0.25) is 4.57 Å². The van der Waals surface area contributed by atoms with Gasteiger partial charge in [0.1, 0.15) is 6.33 Å². The molecule has 2 heterocycles. The third kappa shape index (κ3) is 4.73. The molecule has 0 unspecified atom stereocenters. The lowest BCUT2D eigenvalue weighted by Crippen LogP contribution is -2.12. The van der Waals surface area contributed by atoms with Crippen molar-refractivity contribution in [2.45, 2.75) is 11.1 Å². The van der Waals surface area contributed by atoms with Crippen molar-refractivity contribution in [1.29, 1.82) is 0 Å². The van der Waals surface area contributed by atoms with E-state index in [1.807, 2.05) is 0 Å². The number of hydrogen-bond acceptors (Lipinski definition) is 5. The fourth-order valence-corrected chi connectivity index (χ4v) is 3.47. The van der Waals surface area contributed by atoms with Crippen LogP contribution in [0.3, 0.4) is 0 Å². The number of nitrogens with two attached hydrogens (primary N) is 1. The highest BCUT2D eigenvalue weighted by Gasteiger charge is 2.34. The van der Waals surface area contributed by atoms with Gasteiger partial charge in [0.25, 0.3) is 0 Å². The molecular weight excluding hydrogens is 469 g/mol. The number of primary sulfonamides is 1. The van der Waals surface area contributed by atoms with E-state index in [0.717, 1.165) is 29.1 Å². The lowest BCUT2D eigenvalue weighted by Gasteiger charge is -2.11. The molecule has 0 radical (unpaired) electrons. The maximum absolute atomic E-state index is 13.6. The maximum Gasteiger partial charge on any atom is 0.433 e. The molecule has 0 atom stereocenters. The summed E-state index contributed by atoms with van der Waals surface area (Å²) in [6.07, 6.45) is -2.44. The molecule has 33 heavy (non-hydrogen) atoms. The SMILES string of the molecule is NS(=O)(=O)c1cccc(-c2cn(-c3nc(-c4ccc(F)c(F)c4)cc(C(F)(F)F)n3)cn2)c1. The van der Waals surface area contributed by atoms with Gasteiger partial charge in [-0.25, -0.2) is 37.3 Å². The van der Waals surface area contributed by atoms with Crippen molar-refractivity contribution >= 4 is 10.0 Å². The number of alkyl halides is 3. The van der Waals surface area contributed by atoms with Crippen molar-refractivity contribution in [1.82, 2.24) is 19.5 Å². The first-order chi connectivity index (χ1) is 15.4. The summed E-state index contributed by atoms with van der Waals surface area (Å²) >= 11 is 0. The minimum atomic E-state index is -4.85. The second kappa shape index (κ2) is 8.01. The minimum absolute atomic E-state index is 0.0933. The molecule has 7 nitrogen and oxygen atoms in total.